The minimum absolute atomic E-state index is 0.0105. The van der Waals surface area contributed by atoms with Crippen molar-refractivity contribution in [1.29, 1.82) is 0 Å². The third kappa shape index (κ3) is 3.11. The van der Waals surface area contributed by atoms with Crippen molar-refractivity contribution in [2.24, 2.45) is 0 Å². The molecule has 0 saturated heterocycles. The van der Waals surface area contributed by atoms with Crippen LogP contribution in [-0.2, 0) is 6.54 Å². The Kier molecular flexibility index (Phi) is 4.40. The molecular weight excluding hydrogens is 357 g/mol. The third-order valence-corrected chi connectivity index (χ3v) is 4.85. The fraction of sp³-hybridized carbons (Fsp3) is 0.214. The van der Waals surface area contributed by atoms with Crippen LogP contribution >= 0.6 is 33.9 Å². The first kappa shape index (κ1) is 13.5. The van der Waals surface area contributed by atoms with E-state index in [4.69, 9.17) is 0 Å². The highest BCUT2D eigenvalue weighted by Gasteiger charge is 2.09. The molecule has 0 saturated carbocycles. The Balaban J connectivity index is 2.03. The van der Waals surface area contributed by atoms with E-state index in [0.717, 1.165) is 9.13 Å². The lowest BCUT2D eigenvalue weighted by Crippen LogP contribution is -2.23. The van der Waals surface area contributed by atoms with Crippen LogP contribution in [0.5, 0.6) is 0 Å². The molecule has 4 heteroatoms. The highest BCUT2D eigenvalue weighted by atomic mass is 127. The summed E-state index contributed by atoms with van der Waals surface area (Å²) in [5.41, 5.74) is 2.03. The predicted octanol–water partition coefficient (Wildman–Crippen LogP) is 3.90. The summed E-state index contributed by atoms with van der Waals surface area (Å²) in [6.45, 7) is 4.80. The molecule has 1 N–H and O–H groups in total. The molecule has 1 aromatic heterocycles. The van der Waals surface area contributed by atoms with Crippen molar-refractivity contribution in [2.75, 3.05) is 0 Å². The summed E-state index contributed by atoms with van der Waals surface area (Å²) in [4.78, 5) is 14.5. The van der Waals surface area contributed by atoms with Gasteiger partial charge in [0.05, 0.1) is 12.1 Å². The fourth-order valence-electron chi connectivity index (χ4n) is 1.64. The van der Waals surface area contributed by atoms with Gasteiger partial charge in [-0.15, -0.1) is 11.3 Å². The zero-order valence-electron chi connectivity index (χ0n) is 10.3. The SMILES string of the molecule is Cc1cc(CNC(=O)c2ccccc2I)sc1C. The molecule has 2 nitrogen and oxygen atoms in total. The average molecular weight is 371 g/mol. The second-order valence-electron chi connectivity index (χ2n) is 4.11. The quantitative estimate of drug-likeness (QED) is 0.815. The van der Waals surface area contributed by atoms with Gasteiger partial charge < -0.3 is 5.32 Å². The maximum Gasteiger partial charge on any atom is 0.252 e. The number of benzene rings is 1. The van der Waals surface area contributed by atoms with Crippen LogP contribution in [-0.4, -0.2) is 5.91 Å². The molecule has 0 aliphatic carbocycles. The van der Waals surface area contributed by atoms with Gasteiger partial charge in [-0.3, -0.25) is 4.79 Å². The van der Waals surface area contributed by atoms with E-state index in [0.29, 0.717) is 6.54 Å². The number of thiophene rings is 1. The second kappa shape index (κ2) is 5.84. The van der Waals surface area contributed by atoms with Gasteiger partial charge >= 0.3 is 0 Å². The number of hydrogen-bond donors (Lipinski definition) is 1. The second-order valence-corrected chi connectivity index (χ2v) is 6.62. The Hall–Kier alpha value is -0.880. The first-order valence-electron chi connectivity index (χ1n) is 5.66. The van der Waals surface area contributed by atoms with Crippen molar-refractivity contribution in [3.05, 3.63) is 54.8 Å². The van der Waals surface area contributed by atoms with E-state index in [1.807, 2.05) is 24.3 Å². The van der Waals surface area contributed by atoms with Crippen LogP contribution in [0.4, 0.5) is 0 Å². The molecule has 2 aromatic rings. The molecule has 1 heterocycles. The van der Waals surface area contributed by atoms with Crippen molar-refractivity contribution >= 4 is 39.8 Å². The first-order valence-corrected chi connectivity index (χ1v) is 7.56. The van der Waals surface area contributed by atoms with E-state index >= 15 is 0 Å². The number of nitrogens with one attached hydrogen (secondary N) is 1. The van der Waals surface area contributed by atoms with Gasteiger partial charge in [-0.1, -0.05) is 12.1 Å². The number of amides is 1. The minimum atomic E-state index is -0.0105. The lowest BCUT2D eigenvalue weighted by molar-refractivity contribution is 0.0950. The van der Waals surface area contributed by atoms with E-state index in [-0.39, 0.29) is 5.91 Å². The monoisotopic (exact) mass is 371 g/mol. The molecule has 0 aliphatic heterocycles. The number of carbonyl (C=O) groups excluding carboxylic acids is 1. The van der Waals surface area contributed by atoms with Crippen LogP contribution in [0.25, 0.3) is 0 Å². The molecule has 0 spiro atoms. The van der Waals surface area contributed by atoms with Crippen LogP contribution in [0.1, 0.15) is 25.7 Å². The molecule has 0 atom stereocenters. The van der Waals surface area contributed by atoms with Crippen LogP contribution < -0.4 is 5.32 Å². The zero-order chi connectivity index (χ0) is 13.1. The van der Waals surface area contributed by atoms with Gasteiger partial charge in [-0.25, -0.2) is 0 Å². The Labute approximate surface area is 125 Å². The fourth-order valence-corrected chi connectivity index (χ4v) is 3.27. The Morgan fingerprint density at radius 1 is 1.33 bits per heavy atom. The van der Waals surface area contributed by atoms with E-state index in [1.54, 1.807) is 11.3 Å². The van der Waals surface area contributed by atoms with Gasteiger partial charge in [-0.2, -0.15) is 0 Å². The Morgan fingerprint density at radius 3 is 2.67 bits per heavy atom. The highest BCUT2D eigenvalue weighted by molar-refractivity contribution is 14.1. The minimum Gasteiger partial charge on any atom is -0.347 e. The van der Waals surface area contributed by atoms with Gasteiger partial charge in [0.25, 0.3) is 5.91 Å². The molecule has 0 unspecified atom stereocenters. The molecule has 1 amide bonds. The lowest BCUT2D eigenvalue weighted by Gasteiger charge is -2.05. The summed E-state index contributed by atoms with van der Waals surface area (Å²) in [7, 11) is 0. The van der Waals surface area contributed by atoms with Gasteiger partial charge in [-0.05, 0) is 60.2 Å². The number of hydrogen-bond acceptors (Lipinski definition) is 2. The van der Waals surface area contributed by atoms with Gasteiger partial charge in [0.1, 0.15) is 0 Å². The lowest BCUT2D eigenvalue weighted by atomic mass is 10.2. The maximum absolute atomic E-state index is 12.0. The predicted molar refractivity (Wildman–Crippen MR) is 84.1 cm³/mol. The summed E-state index contributed by atoms with van der Waals surface area (Å²) >= 11 is 3.92. The Morgan fingerprint density at radius 2 is 2.06 bits per heavy atom. The van der Waals surface area contributed by atoms with Crippen molar-refractivity contribution in [3.63, 3.8) is 0 Å². The molecule has 0 aliphatic rings. The largest absolute Gasteiger partial charge is 0.347 e. The van der Waals surface area contributed by atoms with Crippen LogP contribution in [0.15, 0.2) is 30.3 Å². The number of carbonyl (C=O) groups is 1. The van der Waals surface area contributed by atoms with E-state index in [9.17, 15) is 4.79 Å². The number of aryl methyl sites for hydroxylation is 2. The van der Waals surface area contributed by atoms with E-state index in [1.165, 1.54) is 15.3 Å². The summed E-state index contributed by atoms with van der Waals surface area (Å²) < 4.78 is 0.978. The zero-order valence-corrected chi connectivity index (χ0v) is 13.3. The summed E-state index contributed by atoms with van der Waals surface area (Å²) in [6, 6.07) is 9.74. The molecule has 0 radical (unpaired) electrons. The van der Waals surface area contributed by atoms with Crippen molar-refractivity contribution < 1.29 is 4.79 Å². The molecular formula is C14H14INOS. The standard InChI is InChI=1S/C14H14INOS/c1-9-7-11(18-10(9)2)8-16-14(17)12-5-3-4-6-13(12)15/h3-7H,8H2,1-2H3,(H,16,17). The topological polar surface area (TPSA) is 29.1 Å². The number of rotatable bonds is 3. The molecule has 2 rings (SSSR count). The molecule has 0 bridgehead atoms. The van der Waals surface area contributed by atoms with Crippen LogP contribution in [0.2, 0.25) is 0 Å². The van der Waals surface area contributed by atoms with Crippen LogP contribution in [0, 0.1) is 17.4 Å². The van der Waals surface area contributed by atoms with E-state index in [2.05, 4.69) is 47.8 Å². The summed E-state index contributed by atoms with van der Waals surface area (Å²) in [5, 5.41) is 2.96. The maximum atomic E-state index is 12.0. The highest BCUT2D eigenvalue weighted by Crippen LogP contribution is 2.20. The van der Waals surface area contributed by atoms with Gasteiger partial charge in [0.15, 0.2) is 0 Å². The van der Waals surface area contributed by atoms with Crippen molar-refractivity contribution in [1.82, 2.24) is 5.32 Å². The Bertz CT molecular complexity index is 557. The molecule has 1 aromatic carbocycles. The molecule has 18 heavy (non-hydrogen) atoms. The molecule has 94 valence electrons. The third-order valence-electron chi connectivity index (χ3n) is 2.76. The van der Waals surface area contributed by atoms with Gasteiger partial charge in [0.2, 0.25) is 0 Å². The van der Waals surface area contributed by atoms with Crippen molar-refractivity contribution in [3.8, 4) is 0 Å². The summed E-state index contributed by atoms with van der Waals surface area (Å²) in [5.74, 6) is -0.0105. The van der Waals surface area contributed by atoms with Crippen LogP contribution in [0.3, 0.4) is 0 Å². The number of halogens is 1. The molecule has 0 fully saturated rings. The first-order chi connectivity index (χ1) is 8.58. The van der Waals surface area contributed by atoms with Crippen molar-refractivity contribution in [2.45, 2.75) is 20.4 Å². The average Bonchev–Trinajstić information content (AvgIpc) is 2.66. The summed E-state index contributed by atoms with van der Waals surface area (Å²) in [6.07, 6.45) is 0. The van der Waals surface area contributed by atoms with Gasteiger partial charge in [0, 0.05) is 13.3 Å². The van der Waals surface area contributed by atoms with E-state index < -0.39 is 0 Å². The normalized spacial score (nSPS) is 10.4. The smallest absolute Gasteiger partial charge is 0.252 e.